The minimum atomic E-state index is -0.471. The average molecular weight is 236 g/mol. The summed E-state index contributed by atoms with van der Waals surface area (Å²) in [5.41, 5.74) is 6.72. The van der Waals surface area contributed by atoms with Gasteiger partial charge in [-0.05, 0) is 0 Å². The first-order valence-electron chi connectivity index (χ1n) is 4.99. The molecule has 2 heterocycles. The van der Waals surface area contributed by atoms with Gasteiger partial charge < -0.3 is 20.6 Å². The number of aromatic amines is 1. The van der Waals surface area contributed by atoms with Gasteiger partial charge in [0.15, 0.2) is 0 Å². The molecule has 17 heavy (non-hydrogen) atoms. The van der Waals surface area contributed by atoms with Gasteiger partial charge in [0.1, 0.15) is 0 Å². The number of aromatic nitrogens is 4. The lowest BCUT2D eigenvalue weighted by atomic mass is 10.2. The third kappa shape index (κ3) is 2.48. The van der Waals surface area contributed by atoms with E-state index in [2.05, 4.69) is 25.4 Å². The fourth-order valence-electron chi connectivity index (χ4n) is 1.31. The maximum absolute atomic E-state index is 11.2. The molecular weight excluding hydrogens is 224 g/mol. The average Bonchev–Trinajstić information content (AvgIpc) is 2.98. The van der Waals surface area contributed by atoms with Crippen LogP contribution >= 0.6 is 0 Å². The summed E-state index contributed by atoms with van der Waals surface area (Å²) in [6.07, 6.45) is 3.71. The molecule has 0 aliphatic rings. The zero-order valence-corrected chi connectivity index (χ0v) is 9.17. The minimum absolute atomic E-state index is 0.0254. The molecular formula is C9H12N6O2. The van der Waals surface area contributed by atoms with Crippen LogP contribution in [0, 0.1) is 0 Å². The van der Waals surface area contributed by atoms with E-state index in [4.69, 9.17) is 10.3 Å². The van der Waals surface area contributed by atoms with Crippen molar-refractivity contribution in [2.45, 2.75) is 12.5 Å². The molecule has 1 amide bonds. The van der Waals surface area contributed by atoms with E-state index in [1.165, 1.54) is 7.05 Å². The van der Waals surface area contributed by atoms with Crippen LogP contribution in [-0.4, -0.2) is 33.1 Å². The van der Waals surface area contributed by atoms with Crippen molar-refractivity contribution >= 4 is 5.91 Å². The van der Waals surface area contributed by atoms with Crippen molar-refractivity contribution in [3.63, 3.8) is 0 Å². The van der Waals surface area contributed by atoms with Crippen LogP contribution in [-0.2, 0) is 6.42 Å². The van der Waals surface area contributed by atoms with E-state index in [0.29, 0.717) is 6.42 Å². The largest absolute Gasteiger partial charge is 0.352 e. The number of H-pyrrole nitrogens is 1. The van der Waals surface area contributed by atoms with Crippen LogP contribution in [0.2, 0.25) is 0 Å². The number of imidazole rings is 1. The molecule has 0 unspecified atom stereocenters. The smallest absolute Gasteiger partial charge is 0.292 e. The van der Waals surface area contributed by atoms with Crippen LogP contribution in [0.4, 0.5) is 0 Å². The second-order valence-electron chi connectivity index (χ2n) is 3.42. The van der Waals surface area contributed by atoms with Gasteiger partial charge >= 0.3 is 0 Å². The summed E-state index contributed by atoms with van der Waals surface area (Å²) in [5.74, 6) is -0.213. The molecule has 2 aromatic heterocycles. The third-order valence-electron chi connectivity index (χ3n) is 2.18. The number of rotatable bonds is 4. The molecule has 0 saturated heterocycles. The van der Waals surface area contributed by atoms with Gasteiger partial charge in [-0.25, -0.2) is 4.98 Å². The number of carbonyl (C=O) groups is 1. The van der Waals surface area contributed by atoms with Crippen molar-refractivity contribution in [3.8, 4) is 0 Å². The van der Waals surface area contributed by atoms with Crippen molar-refractivity contribution in [2.75, 3.05) is 7.05 Å². The maximum atomic E-state index is 11.2. The Morgan fingerprint density at radius 3 is 3.18 bits per heavy atom. The first-order chi connectivity index (χ1) is 8.20. The molecule has 2 aromatic rings. The highest BCUT2D eigenvalue weighted by molar-refractivity contribution is 5.89. The van der Waals surface area contributed by atoms with Crippen LogP contribution in [0.15, 0.2) is 17.0 Å². The van der Waals surface area contributed by atoms with Gasteiger partial charge in [-0.2, -0.15) is 4.98 Å². The Labute approximate surface area is 96.6 Å². The molecule has 0 saturated carbocycles. The summed E-state index contributed by atoms with van der Waals surface area (Å²) in [6.45, 7) is 0. The molecule has 0 radical (unpaired) electrons. The van der Waals surface area contributed by atoms with Crippen LogP contribution in [0.5, 0.6) is 0 Å². The Balaban J connectivity index is 2.07. The Kier molecular flexibility index (Phi) is 3.15. The quantitative estimate of drug-likeness (QED) is 0.651. The first-order valence-corrected chi connectivity index (χ1v) is 4.99. The number of hydrogen-bond donors (Lipinski definition) is 3. The lowest BCUT2D eigenvalue weighted by Gasteiger charge is -2.03. The van der Waals surface area contributed by atoms with Crippen molar-refractivity contribution < 1.29 is 9.32 Å². The van der Waals surface area contributed by atoms with Gasteiger partial charge in [0.05, 0.1) is 12.4 Å². The van der Waals surface area contributed by atoms with Gasteiger partial charge in [0.2, 0.25) is 5.89 Å². The molecule has 0 bridgehead atoms. The van der Waals surface area contributed by atoms with E-state index in [1.807, 2.05) is 0 Å². The first kappa shape index (κ1) is 11.3. The van der Waals surface area contributed by atoms with E-state index in [9.17, 15) is 4.79 Å². The zero-order chi connectivity index (χ0) is 12.3. The second-order valence-corrected chi connectivity index (χ2v) is 3.42. The lowest BCUT2D eigenvalue weighted by molar-refractivity contribution is 0.0950. The highest BCUT2D eigenvalue weighted by atomic mass is 16.5. The van der Waals surface area contributed by atoms with Crippen molar-refractivity contribution in [2.24, 2.45) is 5.73 Å². The van der Waals surface area contributed by atoms with Crippen LogP contribution in [0.3, 0.4) is 0 Å². The molecule has 8 heteroatoms. The fourth-order valence-corrected chi connectivity index (χ4v) is 1.31. The number of carbonyl (C=O) groups excluding carboxylic acids is 1. The summed E-state index contributed by atoms with van der Waals surface area (Å²) in [7, 11) is 1.49. The molecule has 8 nitrogen and oxygen atoms in total. The number of hydrogen-bond acceptors (Lipinski definition) is 6. The van der Waals surface area contributed by atoms with Crippen LogP contribution in [0.25, 0.3) is 0 Å². The molecule has 4 N–H and O–H groups in total. The lowest BCUT2D eigenvalue weighted by Crippen LogP contribution is -2.20. The van der Waals surface area contributed by atoms with E-state index in [1.54, 1.807) is 12.5 Å². The number of amides is 1. The molecule has 1 atom stereocenters. The number of nitrogens with zero attached hydrogens (tertiary/aromatic N) is 3. The minimum Gasteiger partial charge on any atom is -0.352 e. The Morgan fingerprint density at radius 2 is 2.53 bits per heavy atom. The van der Waals surface area contributed by atoms with Crippen LogP contribution in [0.1, 0.15) is 28.2 Å². The predicted octanol–water partition coefficient (Wildman–Crippen LogP) is -0.605. The topological polar surface area (TPSA) is 123 Å². The highest BCUT2D eigenvalue weighted by Crippen LogP contribution is 2.12. The van der Waals surface area contributed by atoms with E-state index >= 15 is 0 Å². The van der Waals surface area contributed by atoms with E-state index < -0.39 is 11.9 Å². The molecule has 0 spiro atoms. The Morgan fingerprint density at radius 1 is 1.71 bits per heavy atom. The van der Waals surface area contributed by atoms with Crippen molar-refractivity contribution in [1.82, 2.24) is 25.4 Å². The van der Waals surface area contributed by atoms with Gasteiger partial charge in [-0.3, -0.25) is 4.79 Å². The van der Waals surface area contributed by atoms with Crippen molar-refractivity contribution in [3.05, 3.63) is 29.9 Å². The third-order valence-corrected chi connectivity index (χ3v) is 2.18. The highest BCUT2D eigenvalue weighted by Gasteiger charge is 2.18. The zero-order valence-electron chi connectivity index (χ0n) is 9.17. The maximum Gasteiger partial charge on any atom is 0.292 e. The molecule has 0 aliphatic heterocycles. The molecule has 0 aliphatic carbocycles. The van der Waals surface area contributed by atoms with E-state index in [-0.39, 0.29) is 11.7 Å². The summed E-state index contributed by atoms with van der Waals surface area (Å²) >= 11 is 0. The van der Waals surface area contributed by atoms with E-state index in [0.717, 1.165) is 5.69 Å². The normalized spacial score (nSPS) is 12.4. The van der Waals surface area contributed by atoms with Gasteiger partial charge in [0.25, 0.3) is 11.7 Å². The van der Waals surface area contributed by atoms with Gasteiger partial charge in [-0.15, -0.1) is 0 Å². The van der Waals surface area contributed by atoms with Gasteiger partial charge in [-0.1, -0.05) is 5.16 Å². The SMILES string of the molecule is CNC(=O)c1noc([C@@H](N)Cc2cnc[nH]2)n1. The molecule has 90 valence electrons. The summed E-state index contributed by atoms with van der Waals surface area (Å²) < 4.78 is 4.92. The second kappa shape index (κ2) is 4.74. The Bertz CT molecular complexity index is 491. The predicted molar refractivity (Wildman–Crippen MR) is 56.9 cm³/mol. The van der Waals surface area contributed by atoms with Crippen LogP contribution < -0.4 is 11.1 Å². The van der Waals surface area contributed by atoms with Gasteiger partial charge in [0, 0.05) is 25.4 Å². The standard InChI is InChI=1S/C9H12N6O2/c1-11-8(16)7-14-9(17-15-7)6(10)2-5-3-12-4-13-5/h3-4,6H,2,10H2,1H3,(H,11,16)(H,12,13)/t6-/m0/s1. The Hall–Kier alpha value is -2.22. The summed E-state index contributed by atoms with van der Waals surface area (Å²) in [6, 6.07) is -0.471. The number of nitrogens with one attached hydrogen (secondary N) is 2. The number of nitrogens with two attached hydrogens (primary N) is 1. The molecule has 2 rings (SSSR count). The van der Waals surface area contributed by atoms with Crippen molar-refractivity contribution in [1.29, 1.82) is 0 Å². The molecule has 0 aromatic carbocycles. The monoisotopic (exact) mass is 236 g/mol. The summed E-state index contributed by atoms with van der Waals surface area (Å²) in [4.78, 5) is 21.9. The molecule has 0 fully saturated rings. The fraction of sp³-hybridized carbons (Fsp3) is 0.333. The summed E-state index contributed by atoms with van der Waals surface area (Å²) in [5, 5.41) is 5.93.